The van der Waals surface area contributed by atoms with E-state index in [1.807, 2.05) is 36.4 Å². The molecule has 32 heavy (non-hydrogen) atoms. The minimum Gasteiger partial charge on any atom is -0.308 e. The summed E-state index contributed by atoms with van der Waals surface area (Å²) in [5.41, 5.74) is 5.18. The Kier molecular flexibility index (Phi) is 5.60. The van der Waals surface area contributed by atoms with Crippen molar-refractivity contribution in [3.63, 3.8) is 0 Å². The van der Waals surface area contributed by atoms with Crippen LogP contribution in [0.1, 0.15) is 34.3 Å². The quantitative estimate of drug-likeness (QED) is 0.439. The molecule has 0 amide bonds. The Morgan fingerprint density at radius 2 is 1.66 bits per heavy atom. The van der Waals surface area contributed by atoms with E-state index in [1.54, 1.807) is 0 Å². The second kappa shape index (κ2) is 8.69. The van der Waals surface area contributed by atoms with Crippen LogP contribution in [0, 0.1) is 0 Å². The van der Waals surface area contributed by atoms with Crippen molar-refractivity contribution < 1.29 is 0 Å². The van der Waals surface area contributed by atoms with E-state index in [4.69, 9.17) is 16.6 Å². The number of hydrogen-bond donors (Lipinski definition) is 0. The van der Waals surface area contributed by atoms with Crippen LogP contribution in [0.4, 0.5) is 0 Å². The van der Waals surface area contributed by atoms with Crippen molar-refractivity contribution >= 4 is 17.3 Å². The summed E-state index contributed by atoms with van der Waals surface area (Å²) in [6.45, 7) is 1.27. The van der Waals surface area contributed by atoms with Gasteiger partial charge in [0.1, 0.15) is 12.4 Å². The molecule has 0 radical (unpaired) electrons. The molecule has 0 spiro atoms. The van der Waals surface area contributed by atoms with Crippen LogP contribution < -0.4 is 0 Å². The SMILES string of the molecule is CN(C)CC(c1ccccc1)c1nnc2n1-c1ccc(Cl)cc1C(c1ccccc1)=NC2. The number of nitrogens with zero attached hydrogens (tertiary/aromatic N) is 5. The van der Waals surface area contributed by atoms with Crippen LogP contribution in [-0.4, -0.2) is 46.0 Å². The van der Waals surface area contributed by atoms with E-state index in [0.29, 0.717) is 11.6 Å². The molecule has 1 atom stereocenters. The third-order valence-electron chi connectivity index (χ3n) is 5.70. The Bertz CT molecular complexity index is 1260. The Morgan fingerprint density at radius 3 is 2.38 bits per heavy atom. The summed E-state index contributed by atoms with van der Waals surface area (Å²) in [6, 6.07) is 26.7. The van der Waals surface area contributed by atoms with Crippen LogP contribution in [0.25, 0.3) is 5.69 Å². The summed E-state index contributed by atoms with van der Waals surface area (Å²) in [4.78, 5) is 7.13. The average molecular weight is 442 g/mol. The number of aromatic nitrogens is 3. The number of aliphatic imine (C=N–C) groups is 1. The molecule has 5 rings (SSSR count). The Balaban J connectivity index is 1.71. The molecule has 0 bridgehead atoms. The Labute approximate surface area is 193 Å². The van der Waals surface area contributed by atoms with Crippen LogP contribution >= 0.6 is 11.6 Å². The average Bonchev–Trinajstić information content (AvgIpc) is 3.15. The summed E-state index contributed by atoms with van der Waals surface area (Å²) in [6.07, 6.45) is 0. The van der Waals surface area contributed by atoms with Gasteiger partial charge in [-0.15, -0.1) is 10.2 Å². The smallest absolute Gasteiger partial charge is 0.159 e. The van der Waals surface area contributed by atoms with Crippen molar-refractivity contribution in [2.24, 2.45) is 4.99 Å². The summed E-state index contributed by atoms with van der Waals surface area (Å²) in [5.74, 6) is 1.80. The fourth-order valence-electron chi connectivity index (χ4n) is 4.28. The molecule has 1 aliphatic rings. The monoisotopic (exact) mass is 441 g/mol. The van der Waals surface area contributed by atoms with Gasteiger partial charge in [-0.2, -0.15) is 0 Å². The molecular formula is C26H24ClN5. The van der Waals surface area contributed by atoms with Crippen molar-refractivity contribution in [3.8, 4) is 5.69 Å². The first-order valence-corrected chi connectivity index (χ1v) is 11.0. The molecule has 0 aliphatic carbocycles. The van der Waals surface area contributed by atoms with E-state index in [-0.39, 0.29) is 5.92 Å². The maximum absolute atomic E-state index is 6.45. The Hall–Kier alpha value is -3.28. The van der Waals surface area contributed by atoms with Gasteiger partial charge in [0.25, 0.3) is 0 Å². The summed E-state index contributed by atoms with van der Waals surface area (Å²) < 4.78 is 2.17. The first kappa shape index (κ1) is 20.6. The summed E-state index contributed by atoms with van der Waals surface area (Å²) in [5, 5.41) is 9.93. The molecule has 0 N–H and O–H groups in total. The molecule has 160 valence electrons. The first-order chi connectivity index (χ1) is 15.6. The van der Waals surface area contributed by atoms with E-state index < -0.39 is 0 Å². The largest absolute Gasteiger partial charge is 0.308 e. The molecule has 1 aliphatic heterocycles. The molecule has 3 aromatic carbocycles. The van der Waals surface area contributed by atoms with Gasteiger partial charge in [0.15, 0.2) is 5.82 Å². The van der Waals surface area contributed by atoms with Crippen LogP contribution in [0.3, 0.4) is 0 Å². The second-order valence-electron chi connectivity index (χ2n) is 8.23. The minimum atomic E-state index is 0.0641. The van der Waals surface area contributed by atoms with E-state index in [2.05, 4.69) is 76.2 Å². The van der Waals surface area contributed by atoms with Gasteiger partial charge in [0.05, 0.1) is 17.3 Å². The third-order valence-corrected chi connectivity index (χ3v) is 5.93. The van der Waals surface area contributed by atoms with Crippen molar-refractivity contribution in [2.75, 3.05) is 20.6 Å². The fourth-order valence-corrected chi connectivity index (χ4v) is 4.45. The van der Waals surface area contributed by atoms with E-state index >= 15 is 0 Å². The maximum Gasteiger partial charge on any atom is 0.159 e. The van der Waals surface area contributed by atoms with Gasteiger partial charge in [-0.25, -0.2) is 0 Å². The maximum atomic E-state index is 6.45. The number of rotatable bonds is 5. The minimum absolute atomic E-state index is 0.0641. The van der Waals surface area contributed by atoms with E-state index in [9.17, 15) is 0 Å². The van der Waals surface area contributed by atoms with E-state index in [0.717, 1.165) is 40.7 Å². The molecule has 2 heterocycles. The van der Waals surface area contributed by atoms with Crippen molar-refractivity contribution in [3.05, 3.63) is 112 Å². The third kappa shape index (κ3) is 3.85. The van der Waals surface area contributed by atoms with Gasteiger partial charge < -0.3 is 4.90 Å². The summed E-state index contributed by atoms with van der Waals surface area (Å²) in [7, 11) is 4.17. The van der Waals surface area contributed by atoms with Gasteiger partial charge in [-0.3, -0.25) is 9.56 Å². The summed E-state index contributed by atoms with van der Waals surface area (Å²) >= 11 is 6.45. The van der Waals surface area contributed by atoms with Crippen LogP contribution in [-0.2, 0) is 6.54 Å². The molecule has 6 heteroatoms. The molecule has 0 saturated carbocycles. The standard InChI is InChI=1S/C26H24ClN5/c1-31(2)17-22(18-9-5-3-6-10-18)26-30-29-24-16-28-25(19-11-7-4-8-12-19)21-15-20(27)13-14-23(21)32(24)26/h3-15,22H,16-17H2,1-2H3. The van der Waals surface area contributed by atoms with Crippen LogP contribution in [0.5, 0.6) is 0 Å². The van der Waals surface area contributed by atoms with Crippen molar-refractivity contribution in [1.29, 1.82) is 0 Å². The van der Waals surface area contributed by atoms with Crippen LogP contribution in [0.2, 0.25) is 5.02 Å². The van der Waals surface area contributed by atoms with Crippen molar-refractivity contribution in [1.82, 2.24) is 19.7 Å². The van der Waals surface area contributed by atoms with Gasteiger partial charge >= 0.3 is 0 Å². The van der Waals surface area contributed by atoms with Gasteiger partial charge in [-0.1, -0.05) is 72.3 Å². The fraction of sp³-hybridized carbons (Fsp3) is 0.192. The predicted molar refractivity (Wildman–Crippen MR) is 129 cm³/mol. The molecule has 5 nitrogen and oxygen atoms in total. The normalized spacial score (nSPS) is 13.8. The van der Waals surface area contributed by atoms with Gasteiger partial charge in [0.2, 0.25) is 0 Å². The zero-order chi connectivity index (χ0) is 22.1. The second-order valence-corrected chi connectivity index (χ2v) is 8.66. The number of fused-ring (bicyclic) bond motifs is 3. The highest BCUT2D eigenvalue weighted by molar-refractivity contribution is 6.31. The lowest BCUT2D eigenvalue weighted by molar-refractivity contribution is 0.384. The van der Waals surface area contributed by atoms with E-state index in [1.165, 1.54) is 5.56 Å². The lowest BCUT2D eigenvalue weighted by atomic mass is 9.96. The highest BCUT2D eigenvalue weighted by atomic mass is 35.5. The lowest BCUT2D eigenvalue weighted by Gasteiger charge is -2.23. The number of benzene rings is 3. The number of hydrogen-bond acceptors (Lipinski definition) is 4. The topological polar surface area (TPSA) is 46.3 Å². The molecule has 0 saturated heterocycles. The molecular weight excluding hydrogens is 418 g/mol. The lowest BCUT2D eigenvalue weighted by Crippen LogP contribution is -2.24. The molecule has 1 unspecified atom stereocenters. The number of likely N-dealkylation sites (N-methyl/N-ethyl adjacent to an activating group) is 1. The van der Waals surface area contributed by atoms with Gasteiger partial charge in [-0.05, 0) is 37.9 Å². The zero-order valence-electron chi connectivity index (χ0n) is 18.1. The van der Waals surface area contributed by atoms with Crippen LogP contribution in [0.15, 0.2) is 83.9 Å². The first-order valence-electron chi connectivity index (χ1n) is 10.7. The predicted octanol–water partition coefficient (Wildman–Crippen LogP) is 4.97. The van der Waals surface area contributed by atoms with Gasteiger partial charge in [0, 0.05) is 22.7 Å². The van der Waals surface area contributed by atoms with Crippen molar-refractivity contribution in [2.45, 2.75) is 12.5 Å². The Morgan fingerprint density at radius 1 is 0.938 bits per heavy atom. The highest BCUT2D eigenvalue weighted by Gasteiger charge is 2.28. The molecule has 1 aromatic heterocycles. The molecule has 0 fully saturated rings. The highest BCUT2D eigenvalue weighted by Crippen LogP contribution is 2.32. The molecule has 4 aromatic rings. The number of halogens is 1. The zero-order valence-corrected chi connectivity index (χ0v) is 18.9.